The summed E-state index contributed by atoms with van der Waals surface area (Å²) in [6.07, 6.45) is 17.5. The summed E-state index contributed by atoms with van der Waals surface area (Å²) >= 11 is 0. The van der Waals surface area contributed by atoms with Crippen LogP contribution in [-0.4, -0.2) is 132 Å². The third-order valence-corrected chi connectivity index (χ3v) is 20.2. The summed E-state index contributed by atoms with van der Waals surface area (Å²) in [5, 5.41) is 18.2. The zero-order valence-electron chi connectivity index (χ0n) is 46.9. The number of fused-ring (bicyclic) bond motifs is 3. The van der Waals surface area contributed by atoms with Crippen LogP contribution in [0.1, 0.15) is 154 Å². The Balaban J connectivity index is 1.03. The van der Waals surface area contributed by atoms with E-state index >= 15 is 4.79 Å². The Kier molecular flexibility index (Phi) is 16.0. The molecule has 3 N–H and O–H groups in total. The Morgan fingerprint density at radius 2 is 1.85 bits per heavy atom. The lowest BCUT2D eigenvalue weighted by molar-refractivity contribution is -0.184. The smallest absolute Gasteiger partial charge is 0.238 e. The van der Waals surface area contributed by atoms with Gasteiger partial charge in [0.1, 0.15) is 6.29 Å². The number of carbonyl (C=O) groups is 2. The molecule has 1 aromatic carbocycles. The zero-order chi connectivity index (χ0) is 52.8. The van der Waals surface area contributed by atoms with Crippen LogP contribution in [0.25, 0.3) is 22.2 Å². The number of aldehydes is 1. The van der Waals surface area contributed by atoms with Crippen LogP contribution in [0.4, 0.5) is 5.69 Å². The van der Waals surface area contributed by atoms with Gasteiger partial charge in [0.05, 0.1) is 49.4 Å². The standard InChI is InChI=1S/C62H92N8O5/c1-10-68-53-18-17-47(34-49(53)52(35-60(7,8)20-16-31-71)58(68)50-33-45(46-38-75-39-46)37-63-56(50)44(6)74-9)66(30-32-72)29-19-48-51-36-61(21-13-22-61)54(51)42(4)57(59(73)65-55(48)43(5)70-28-12-11-25-64-70)69-27-15-24-62(69)23-14-26-67(40-62)41(2)3/h17-18,31,33-34,37,42,44,46,48,51,54-55,57,64,72H,2,5,10-16,19-30,32,35-36,38-40H2,1,3-4,6-9H3,(H,65,73)/t42?,44-,48-,51?,54?,55+,57-,62-/m0/s1. The number of aryl methyl sites for hydroxylation is 1. The van der Waals surface area contributed by atoms with Crippen molar-refractivity contribution in [2.45, 2.75) is 168 Å². The average molecular weight is 1030 g/mol. The molecule has 13 nitrogen and oxygen atoms in total. The van der Waals surface area contributed by atoms with Crippen molar-refractivity contribution in [1.82, 2.24) is 35.1 Å². The molecule has 10 rings (SSSR count). The molecule has 13 heteroatoms. The molecule has 2 spiro atoms. The van der Waals surface area contributed by atoms with Crippen molar-refractivity contribution in [1.29, 1.82) is 0 Å². The van der Waals surface area contributed by atoms with E-state index < -0.39 is 0 Å². The molecule has 75 heavy (non-hydrogen) atoms. The van der Waals surface area contributed by atoms with E-state index in [1.807, 2.05) is 6.20 Å². The highest BCUT2D eigenvalue weighted by Gasteiger charge is 2.65. The lowest BCUT2D eigenvalue weighted by Crippen LogP contribution is -2.70. The van der Waals surface area contributed by atoms with Gasteiger partial charge in [-0.05, 0) is 174 Å². The summed E-state index contributed by atoms with van der Waals surface area (Å²) in [6, 6.07) is 8.86. The maximum atomic E-state index is 15.7. The second kappa shape index (κ2) is 22.2. The number of hydrogen-bond acceptors (Lipinski definition) is 11. The molecule has 2 saturated carbocycles. The van der Waals surface area contributed by atoms with Crippen LogP contribution in [0.2, 0.25) is 0 Å². The van der Waals surface area contributed by atoms with E-state index in [1.165, 1.54) is 42.2 Å². The molecule has 2 aromatic heterocycles. The highest BCUT2D eigenvalue weighted by atomic mass is 16.5. The van der Waals surface area contributed by atoms with Crippen LogP contribution in [0.3, 0.4) is 0 Å². The summed E-state index contributed by atoms with van der Waals surface area (Å²) in [6.45, 7) is 30.9. The maximum Gasteiger partial charge on any atom is 0.238 e. The summed E-state index contributed by atoms with van der Waals surface area (Å²) in [7, 11) is 1.75. The van der Waals surface area contributed by atoms with E-state index in [0.29, 0.717) is 49.3 Å². The number of anilines is 1. The van der Waals surface area contributed by atoms with Gasteiger partial charge in [-0.3, -0.25) is 14.7 Å². The van der Waals surface area contributed by atoms with Crippen molar-refractivity contribution >= 4 is 28.8 Å². The van der Waals surface area contributed by atoms with Crippen molar-refractivity contribution in [3.05, 3.63) is 71.8 Å². The zero-order valence-corrected chi connectivity index (χ0v) is 46.9. The van der Waals surface area contributed by atoms with Gasteiger partial charge in [-0.2, -0.15) is 0 Å². The van der Waals surface area contributed by atoms with Gasteiger partial charge in [0.25, 0.3) is 0 Å². The first-order valence-corrected chi connectivity index (χ1v) is 29.4. The minimum Gasteiger partial charge on any atom is -0.395 e. The summed E-state index contributed by atoms with van der Waals surface area (Å²) < 4.78 is 14.2. The van der Waals surface area contributed by atoms with Gasteiger partial charge in [0, 0.05) is 111 Å². The van der Waals surface area contributed by atoms with E-state index in [2.05, 4.69) is 107 Å². The molecule has 7 fully saturated rings. The molecule has 1 amide bonds. The van der Waals surface area contributed by atoms with Gasteiger partial charge in [0.2, 0.25) is 5.91 Å². The van der Waals surface area contributed by atoms with Gasteiger partial charge in [-0.25, -0.2) is 5.43 Å². The minimum atomic E-state index is -0.227. The molecule has 3 unspecified atom stereocenters. The number of nitrogens with one attached hydrogen (secondary N) is 2. The van der Waals surface area contributed by atoms with Crippen LogP contribution < -0.4 is 15.6 Å². The first kappa shape index (κ1) is 54.1. The molecular weight excluding hydrogens is 937 g/mol. The van der Waals surface area contributed by atoms with E-state index in [9.17, 15) is 9.90 Å². The lowest BCUT2D eigenvalue weighted by Gasteiger charge is -2.67. The number of rotatable bonds is 20. The molecule has 8 atom stereocenters. The maximum absolute atomic E-state index is 15.7. The number of amides is 1. The average Bonchev–Trinajstić information content (AvgIpc) is 3.94. The van der Waals surface area contributed by atoms with Gasteiger partial charge in [-0.15, -0.1) is 0 Å². The van der Waals surface area contributed by atoms with Gasteiger partial charge in [-0.1, -0.05) is 40.3 Å². The number of methoxy groups -OCH3 is 1. The molecule has 410 valence electrons. The largest absolute Gasteiger partial charge is 0.395 e. The molecule has 3 aromatic rings. The summed E-state index contributed by atoms with van der Waals surface area (Å²) in [4.78, 5) is 40.3. The second-order valence-corrected chi connectivity index (χ2v) is 25.2. The SMILES string of the molecule is C=C(C)N1CCC[C@]2(CCCN2[C@@H]2C(=O)N[C@H](C(=C)N3CCCCN3)[C@@H](CCN(CCO)c3ccc4c(c3)c(CC(C)(C)CCC=O)c(-c3cc(C5COC5)cnc3[C@H](C)OC)n4CC)C3CC4(CCC4)C3C2C)C1. The van der Waals surface area contributed by atoms with Crippen LogP contribution in [0.15, 0.2) is 55.0 Å². The Bertz CT molecular complexity index is 2560. The van der Waals surface area contributed by atoms with Crippen molar-refractivity contribution in [2.24, 2.45) is 34.5 Å². The van der Waals surface area contributed by atoms with E-state index in [-0.39, 0.29) is 53.5 Å². The number of piperidine rings is 1. The number of aliphatic hydroxyl groups excluding tert-OH is 1. The van der Waals surface area contributed by atoms with Gasteiger partial charge >= 0.3 is 0 Å². The lowest BCUT2D eigenvalue weighted by atomic mass is 9.39. The third-order valence-electron chi connectivity index (χ3n) is 20.2. The number of ether oxygens (including phenoxy) is 2. The van der Waals surface area contributed by atoms with Crippen LogP contribution in [0.5, 0.6) is 0 Å². The van der Waals surface area contributed by atoms with Crippen LogP contribution in [-0.2, 0) is 32.0 Å². The van der Waals surface area contributed by atoms with Gasteiger partial charge in [0.15, 0.2) is 0 Å². The molecule has 0 radical (unpaired) electrons. The number of pyridine rings is 1. The first-order valence-electron chi connectivity index (χ1n) is 29.4. The Morgan fingerprint density at radius 1 is 1.07 bits per heavy atom. The normalized spacial score (nSPS) is 28.5. The topological polar surface area (TPSA) is 128 Å². The van der Waals surface area contributed by atoms with Crippen LogP contribution >= 0.6 is 0 Å². The van der Waals surface area contributed by atoms with E-state index in [4.69, 9.17) is 21.0 Å². The number of hydrogen-bond donors (Lipinski definition) is 3. The van der Waals surface area contributed by atoms with Crippen molar-refractivity contribution in [3.8, 4) is 11.3 Å². The molecule has 5 saturated heterocycles. The minimum absolute atomic E-state index is 0.0219. The first-order chi connectivity index (χ1) is 36.2. The number of likely N-dealkylation sites (tertiary alicyclic amines) is 2. The Morgan fingerprint density at radius 3 is 2.51 bits per heavy atom. The molecular formula is C62H92N8O5. The molecule has 7 aliphatic rings. The Labute approximate surface area is 449 Å². The predicted molar refractivity (Wildman–Crippen MR) is 300 cm³/mol. The van der Waals surface area contributed by atoms with E-state index in [0.717, 1.165) is 149 Å². The van der Waals surface area contributed by atoms with Gasteiger partial charge < -0.3 is 44.1 Å². The van der Waals surface area contributed by atoms with Crippen molar-refractivity contribution < 1.29 is 24.2 Å². The fourth-order valence-corrected chi connectivity index (χ4v) is 16.1. The highest BCUT2D eigenvalue weighted by molar-refractivity contribution is 5.95. The molecule has 7 heterocycles. The van der Waals surface area contributed by atoms with Crippen molar-refractivity contribution in [3.63, 3.8) is 0 Å². The number of nitrogens with zero attached hydrogens (tertiary/aromatic N) is 6. The predicted octanol–water partition coefficient (Wildman–Crippen LogP) is 9.78. The molecule has 5 aliphatic heterocycles. The highest BCUT2D eigenvalue weighted by Crippen LogP contribution is 2.68. The summed E-state index contributed by atoms with van der Waals surface area (Å²) in [5.41, 5.74) is 13.8. The molecule has 0 bridgehead atoms. The number of allylic oxidation sites excluding steroid dienone is 1. The second-order valence-electron chi connectivity index (χ2n) is 25.2. The fourth-order valence-electron chi connectivity index (χ4n) is 16.1. The van der Waals surface area contributed by atoms with Crippen molar-refractivity contribution in [2.75, 3.05) is 77.6 Å². The summed E-state index contributed by atoms with van der Waals surface area (Å²) in [5.74, 6) is 1.76. The quantitative estimate of drug-likeness (QED) is 0.0937. The number of aliphatic hydroxyl groups is 1. The van der Waals surface area contributed by atoms with Crippen LogP contribution in [0, 0.1) is 34.5 Å². The monoisotopic (exact) mass is 1030 g/mol. The third kappa shape index (κ3) is 10.1. The number of hydrazine groups is 1. The van der Waals surface area contributed by atoms with E-state index in [1.54, 1.807) is 7.11 Å². The Hall–Kier alpha value is -4.27. The number of carbonyl (C=O) groups excluding carboxylic acids is 2. The number of aromatic nitrogens is 2. The fraction of sp³-hybridized carbons (Fsp3) is 0.694. The molecule has 2 aliphatic carbocycles. The number of benzene rings is 1.